The van der Waals surface area contributed by atoms with Gasteiger partial charge in [0.2, 0.25) is 0 Å². The van der Waals surface area contributed by atoms with Crippen molar-refractivity contribution in [3.8, 4) is 6.07 Å². The SMILES string of the molecule is N#Cc1c(C(=O)Cl)cnc(C(F)F)c1I. The molecule has 1 rings (SSSR count). The van der Waals surface area contributed by atoms with Crippen LogP contribution in [0.25, 0.3) is 0 Å². The van der Waals surface area contributed by atoms with Crippen LogP contribution in [0.3, 0.4) is 0 Å². The quantitative estimate of drug-likeness (QED) is 0.613. The van der Waals surface area contributed by atoms with Crippen molar-refractivity contribution in [2.45, 2.75) is 6.43 Å². The standard InChI is InChI=1S/C8H2ClF2IN2O/c9-7(15)4-2-14-6(8(10)11)5(12)3(4)1-13/h2,8H. The van der Waals surface area contributed by atoms with Crippen molar-refractivity contribution in [3.63, 3.8) is 0 Å². The fourth-order valence-corrected chi connectivity index (χ4v) is 1.84. The lowest BCUT2D eigenvalue weighted by atomic mass is 10.1. The predicted molar refractivity (Wildman–Crippen MR) is 56.8 cm³/mol. The van der Waals surface area contributed by atoms with Crippen LogP contribution < -0.4 is 0 Å². The molecule has 0 aliphatic rings. The molecule has 0 aliphatic heterocycles. The summed E-state index contributed by atoms with van der Waals surface area (Å²) in [6, 6.07) is 1.65. The Morgan fingerprint density at radius 1 is 1.67 bits per heavy atom. The van der Waals surface area contributed by atoms with Crippen LogP contribution in [-0.4, -0.2) is 10.2 Å². The minimum absolute atomic E-state index is 0.0448. The van der Waals surface area contributed by atoms with Gasteiger partial charge in [-0.3, -0.25) is 9.78 Å². The number of aromatic nitrogens is 1. The van der Waals surface area contributed by atoms with Gasteiger partial charge in [0.05, 0.1) is 14.7 Å². The molecule has 0 amide bonds. The van der Waals surface area contributed by atoms with Crippen molar-refractivity contribution in [1.82, 2.24) is 4.98 Å². The molecule has 0 aromatic carbocycles. The van der Waals surface area contributed by atoms with Crippen LogP contribution in [-0.2, 0) is 0 Å². The lowest BCUT2D eigenvalue weighted by Crippen LogP contribution is -2.04. The van der Waals surface area contributed by atoms with Crippen LogP contribution >= 0.6 is 34.2 Å². The molecule has 0 fully saturated rings. The van der Waals surface area contributed by atoms with Crippen molar-refractivity contribution < 1.29 is 13.6 Å². The summed E-state index contributed by atoms with van der Waals surface area (Å²) in [5.74, 6) is 0. The zero-order valence-corrected chi connectivity index (χ0v) is 9.88. The lowest BCUT2D eigenvalue weighted by Gasteiger charge is -2.05. The van der Waals surface area contributed by atoms with E-state index in [1.165, 1.54) is 22.6 Å². The van der Waals surface area contributed by atoms with E-state index in [9.17, 15) is 13.6 Å². The summed E-state index contributed by atoms with van der Waals surface area (Å²) in [5, 5.41) is 7.83. The number of carbonyl (C=O) groups is 1. The summed E-state index contributed by atoms with van der Waals surface area (Å²) in [6.45, 7) is 0. The van der Waals surface area contributed by atoms with Gasteiger partial charge in [0.25, 0.3) is 11.7 Å². The first-order chi connectivity index (χ1) is 6.99. The van der Waals surface area contributed by atoms with E-state index < -0.39 is 17.4 Å². The molecule has 7 heteroatoms. The van der Waals surface area contributed by atoms with Crippen molar-refractivity contribution in [3.05, 3.63) is 26.6 Å². The molecule has 0 spiro atoms. The van der Waals surface area contributed by atoms with Gasteiger partial charge in [-0.05, 0) is 34.2 Å². The van der Waals surface area contributed by atoms with Gasteiger partial charge in [-0.15, -0.1) is 0 Å². The van der Waals surface area contributed by atoms with Crippen LogP contribution in [0.15, 0.2) is 6.20 Å². The van der Waals surface area contributed by atoms with Gasteiger partial charge in [0.1, 0.15) is 11.8 Å². The van der Waals surface area contributed by atoms with Gasteiger partial charge < -0.3 is 0 Å². The maximum absolute atomic E-state index is 12.4. The van der Waals surface area contributed by atoms with E-state index in [1.54, 1.807) is 6.07 Å². The molecule has 0 aliphatic carbocycles. The van der Waals surface area contributed by atoms with Crippen LogP contribution in [0, 0.1) is 14.9 Å². The predicted octanol–water partition coefficient (Wildman–Crippen LogP) is 2.87. The van der Waals surface area contributed by atoms with Gasteiger partial charge in [0.15, 0.2) is 0 Å². The third-order valence-corrected chi connectivity index (χ3v) is 2.87. The maximum Gasteiger partial charge on any atom is 0.281 e. The molecular formula is C8H2ClF2IN2O. The number of hydrogen-bond donors (Lipinski definition) is 0. The van der Waals surface area contributed by atoms with Gasteiger partial charge in [-0.25, -0.2) is 8.78 Å². The summed E-state index contributed by atoms with van der Waals surface area (Å²) in [7, 11) is 0. The lowest BCUT2D eigenvalue weighted by molar-refractivity contribution is 0.107. The Morgan fingerprint density at radius 3 is 2.67 bits per heavy atom. The van der Waals surface area contributed by atoms with Gasteiger partial charge >= 0.3 is 0 Å². The molecule has 0 N–H and O–H groups in total. The number of pyridine rings is 1. The summed E-state index contributed by atoms with van der Waals surface area (Å²) in [6.07, 6.45) is -1.90. The van der Waals surface area contributed by atoms with E-state index in [0.29, 0.717) is 0 Å². The molecule has 1 heterocycles. The fourth-order valence-electron chi connectivity index (χ4n) is 0.912. The van der Waals surface area contributed by atoms with Gasteiger partial charge in [0, 0.05) is 6.20 Å². The second-order valence-corrected chi connectivity index (χ2v) is 3.85. The summed E-state index contributed by atoms with van der Waals surface area (Å²) in [4.78, 5) is 14.2. The molecule has 1 aromatic rings. The van der Waals surface area contributed by atoms with Crippen LogP contribution in [0.2, 0.25) is 0 Å². The molecule has 1 aromatic heterocycles. The molecule has 0 unspecified atom stereocenters. The minimum Gasteiger partial charge on any atom is -0.275 e. The van der Waals surface area contributed by atoms with Gasteiger partial charge in [-0.1, -0.05) is 0 Å². The Bertz CT molecular complexity index is 459. The van der Waals surface area contributed by atoms with Crippen molar-refractivity contribution in [1.29, 1.82) is 5.26 Å². The van der Waals surface area contributed by atoms with Crippen molar-refractivity contribution in [2.24, 2.45) is 0 Å². The van der Waals surface area contributed by atoms with E-state index in [4.69, 9.17) is 16.9 Å². The Labute approximate surface area is 102 Å². The van der Waals surface area contributed by atoms with Crippen LogP contribution in [0.4, 0.5) is 8.78 Å². The van der Waals surface area contributed by atoms with Gasteiger partial charge in [-0.2, -0.15) is 5.26 Å². The average Bonchev–Trinajstić information content (AvgIpc) is 2.16. The highest BCUT2D eigenvalue weighted by Crippen LogP contribution is 2.27. The fraction of sp³-hybridized carbons (Fsp3) is 0.125. The Kier molecular flexibility index (Phi) is 3.93. The number of halogens is 4. The molecule has 3 nitrogen and oxygen atoms in total. The van der Waals surface area contributed by atoms with E-state index in [0.717, 1.165) is 6.20 Å². The molecule has 0 saturated heterocycles. The molecular weight excluding hydrogens is 340 g/mol. The van der Waals surface area contributed by atoms with E-state index in [1.807, 2.05) is 0 Å². The summed E-state index contributed by atoms with van der Waals surface area (Å²) >= 11 is 6.71. The summed E-state index contributed by atoms with van der Waals surface area (Å²) < 4.78 is 24.7. The molecule has 0 saturated carbocycles. The number of carbonyl (C=O) groups excluding carboxylic acids is 1. The highest BCUT2D eigenvalue weighted by atomic mass is 127. The van der Waals surface area contributed by atoms with Crippen molar-refractivity contribution in [2.75, 3.05) is 0 Å². The molecule has 0 atom stereocenters. The second kappa shape index (κ2) is 4.81. The number of nitrogens with zero attached hydrogens (tertiary/aromatic N) is 2. The largest absolute Gasteiger partial charge is 0.281 e. The zero-order chi connectivity index (χ0) is 11.6. The topological polar surface area (TPSA) is 53.8 Å². The minimum atomic E-state index is -2.79. The van der Waals surface area contributed by atoms with Crippen LogP contribution in [0.1, 0.15) is 28.0 Å². The van der Waals surface area contributed by atoms with Crippen LogP contribution in [0.5, 0.6) is 0 Å². The maximum atomic E-state index is 12.4. The van der Waals surface area contributed by atoms with E-state index in [-0.39, 0.29) is 14.7 Å². The summed E-state index contributed by atoms with van der Waals surface area (Å²) in [5.41, 5.74) is -0.845. The van der Waals surface area contributed by atoms with Crippen molar-refractivity contribution >= 4 is 39.4 Å². The number of hydrogen-bond acceptors (Lipinski definition) is 3. The van der Waals surface area contributed by atoms with E-state index in [2.05, 4.69) is 4.98 Å². The molecule has 15 heavy (non-hydrogen) atoms. The normalized spacial score (nSPS) is 10.1. The zero-order valence-electron chi connectivity index (χ0n) is 6.97. The first kappa shape index (κ1) is 12.3. The Balaban J connectivity index is 3.48. The smallest absolute Gasteiger partial charge is 0.275 e. The number of alkyl halides is 2. The number of nitriles is 1. The Morgan fingerprint density at radius 2 is 2.27 bits per heavy atom. The average molecular weight is 342 g/mol. The molecule has 78 valence electrons. The highest BCUT2D eigenvalue weighted by Gasteiger charge is 2.21. The number of rotatable bonds is 2. The molecule has 0 radical (unpaired) electrons. The third kappa shape index (κ3) is 2.41. The second-order valence-electron chi connectivity index (χ2n) is 2.43. The molecule has 0 bridgehead atoms. The Hall–Kier alpha value is -0.810. The first-order valence-electron chi connectivity index (χ1n) is 3.55. The first-order valence-corrected chi connectivity index (χ1v) is 5.01. The highest BCUT2D eigenvalue weighted by molar-refractivity contribution is 14.1. The van der Waals surface area contributed by atoms with E-state index >= 15 is 0 Å². The third-order valence-electron chi connectivity index (χ3n) is 1.58. The monoisotopic (exact) mass is 342 g/mol.